The SMILES string of the molecule is C#CC(C)NC(=O)COCCN. The molecule has 0 bridgehead atoms. The summed E-state index contributed by atoms with van der Waals surface area (Å²) in [6, 6.07) is -0.251. The summed E-state index contributed by atoms with van der Waals surface area (Å²) >= 11 is 0. The maximum atomic E-state index is 10.9. The summed E-state index contributed by atoms with van der Waals surface area (Å²) in [7, 11) is 0. The molecule has 68 valence electrons. The molecule has 0 spiro atoms. The summed E-state index contributed by atoms with van der Waals surface area (Å²) in [6.45, 7) is 2.54. The number of terminal acetylenes is 1. The molecule has 0 fully saturated rings. The van der Waals surface area contributed by atoms with Crippen molar-refractivity contribution in [1.82, 2.24) is 5.32 Å². The van der Waals surface area contributed by atoms with Crippen molar-refractivity contribution in [2.45, 2.75) is 13.0 Å². The molecule has 0 rings (SSSR count). The Morgan fingerprint density at radius 1 is 1.83 bits per heavy atom. The van der Waals surface area contributed by atoms with E-state index in [1.54, 1.807) is 6.92 Å². The summed E-state index contributed by atoms with van der Waals surface area (Å²) in [5.41, 5.74) is 5.15. The lowest BCUT2D eigenvalue weighted by Crippen LogP contribution is -2.34. The number of hydrogen-bond acceptors (Lipinski definition) is 3. The lowest BCUT2D eigenvalue weighted by atomic mass is 10.3. The second-order valence-corrected chi connectivity index (χ2v) is 2.30. The molecule has 0 saturated carbocycles. The van der Waals surface area contributed by atoms with Crippen LogP contribution >= 0.6 is 0 Å². The molecule has 0 aromatic rings. The van der Waals surface area contributed by atoms with Crippen LogP contribution in [-0.4, -0.2) is 31.7 Å². The molecule has 3 N–H and O–H groups in total. The molecule has 12 heavy (non-hydrogen) atoms. The van der Waals surface area contributed by atoms with Crippen LogP contribution in [-0.2, 0) is 9.53 Å². The zero-order chi connectivity index (χ0) is 9.40. The van der Waals surface area contributed by atoms with E-state index in [1.165, 1.54) is 0 Å². The van der Waals surface area contributed by atoms with Crippen LogP contribution in [0.25, 0.3) is 0 Å². The number of carbonyl (C=O) groups is 1. The summed E-state index contributed by atoms with van der Waals surface area (Å²) in [4.78, 5) is 10.9. The summed E-state index contributed by atoms with van der Waals surface area (Å²) < 4.78 is 4.88. The third-order valence-corrected chi connectivity index (χ3v) is 1.12. The smallest absolute Gasteiger partial charge is 0.246 e. The zero-order valence-electron chi connectivity index (χ0n) is 7.17. The van der Waals surface area contributed by atoms with E-state index in [0.717, 1.165) is 0 Å². The fraction of sp³-hybridized carbons (Fsp3) is 0.625. The van der Waals surface area contributed by atoms with Crippen LogP contribution < -0.4 is 11.1 Å². The van der Waals surface area contributed by atoms with Crippen molar-refractivity contribution in [2.24, 2.45) is 5.73 Å². The number of rotatable bonds is 5. The normalized spacial score (nSPS) is 11.8. The van der Waals surface area contributed by atoms with Crippen molar-refractivity contribution in [2.75, 3.05) is 19.8 Å². The van der Waals surface area contributed by atoms with Gasteiger partial charge in [-0.3, -0.25) is 4.79 Å². The first-order valence-electron chi connectivity index (χ1n) is 3.74. The van der Waals surface area contributed by atoms with Gasteiger partial charge in [-0.05, 0) is 6.92 Å². The van der Waals surface area contributed by atoms with Gasteiger partial charge >= 0.3 is 0 Å². The third-order valence-electron chi connectivity index (χ3n) is 1.12. The summed E-state index contributed by atoms with van der Waals surface area (Å²) in [6.07, 6.45) is 5.05. The minimum absolute atomic E-state index is 0.0171. The van der Waals surface area contributed by atoms with Gasteiger partial charge in [0.25, 0.3) is 0 Å². The van der Waals surface area contributed by atoms with E-state index < -0.39 is 0 Å². The van der Waals surface area contributed by atoms with Crippen molar-refractivity contribution in [3.8, 4) is 12.3 Å². The Morgan fingerprint density at radius 3 is 3.00 bits per heavy atom. The van der Waals surface area contributed by atoms with E-state index in [4.69, 9.17) is 16.9 Å². The minimum atomic E-state index is -0.251. The van der Waals surface area contributed by atoms with Gasteiger partial charge in [0.1, 0.15) is 6.61 Å². The quantitative estimate of drug-likeness (QED) is 0.415. The predicted molar refractivity (Wildman–Crippen MR) is 46.3 cm³/mol. The highest BCUT2D eigenvalue weighted by Crippen LogP contribution is 1.79. The van der Waals surface area contributed by atoms with Gasteiger partial charge in [-0.2, -0.15) is 0 Å². The maximum absolute atomic E-state index is 10.9. The van der Waals surface area contributed by atoms with Crippen molar-refractivity contribution in [3.63, 3.8) is 0 Å². The first kappa shape index (κ1) is 11.0. The monoisotopic (exact) mass is 170 g/mol. The van der Waals surface area contributed by atoms with Crippen LogP contribution in [0.5, 0.6) is 0 Å². The van der Waals surface area contributed by atoms with Crippen LogP contribution in [0.3, 0.4) is 0 Å². The van der Waals surface area contributed by atoms with Crippen molar-refractivity contribution in [3.05, 3.63) is 0 Å². The molecule has 1 atom stereocenters. The average Bonchev–Trinajstić information content (AvgIpc) is 2.05. The van der Waals surface area contributed by atoms with E-state index in [9.17, 15) is 4.79 Å². The molecule has 0 aliphatic rings. The van der Waals surface area contributed by atoms with Crippen LogP contribution in [0, 0.1) is 12.3 Å². The minimum Gasteiger partial charge on any atom is -0.370 e. The Balaban J connectivity index is 3.41. The Morgan fingerprint density at radius 2 is 2.50 bits per heavy atom. The van der Waals surface area contributed by atoms with Gasteiger partial charge in [-0.15, -0.1) is 6.42 Å². The number of hydrogen-bond donors (Lipinski definition) is 2. The van der Waals surface area contributed by atoms with E-state index in [0.29, 0.717) is 13.2 Å². The molecule has 0 radical (unpaired) electrons. The van der Waals surface area contributed by atoms with E-state index >= 15 is 0 Å². The van der Waals surface area contributed by atoms with E-state index in [2.05, 4.69) is 11.2 Å². The lowest BCUT2D eigenvalue weighted by molar-refractivity contribution is -0.125. The van der Waals surface area contributed by atoms with Crippen LogP contribution in [0.4, 0.5) is 0 Å². The summed E-state index contributed by atoms with van der Waals surface area (Å²) in [5.74, 6) is 2.16. The number of carbonyl (C=O) groups excluding carboxylic acids is 1. The molecule has 0 aromatic heterocycles. The molecule has 4 heteroatoms. The topological polar surface area (TPSA) is 64.3 Å². The first-order chi connectivity index (χ1) is 5.70. The number of nitrogens with two attached hydrogens (primary N) is 1. The highest BCUT2D eigenvalue weighted by Gasteiger charge is 2.03. The standard InChI is InChI=1S/C8H14N2O2/c1-3-7(2)10-8(11)6-12-5-4-9/h1,7H,4-6,9H2,2H3,(H,10,11). The van der Waals surface area contributed by atoms with Crippen molar-refractivity contribution < 1.29 is 9.53 Å². The molecule has 1 unspecified atom stereocenters. The fourth-order valence-electron chi connectivity index (χ4n) is 0.573. The third kappa shape index (κ3) is 5.71. The zero-order valence-corrected chi connectivity index (χ0v) is 7.17. The second-order valence-electron chi connectivity index (χ2n) is 2.30. The van der Waals surface area contributed by atoms with Gasteiger partial charge < -0.3 is 15.8 Å². The first-order valence-corrected chi connectivity index (χ1v) is 3.74. The van der Waals surface area contributed by atoms with E-state index in [1.807, 2.05) is 0 Å². The molecule has 4 nitrogen and oxygen atoms in total. The predicted octanol–water partition coefficient (Wildman–Crippen LogP) is -0.900. The van der Waals surface area contributed by atoms with Gasteiger partial charge in [-0.25, -0.2) is 0 Å². The Hall–Kier alpha value is -1.05. The molecule has 0 saturated heterocycles. The second kappa shape index (κ2) is 6.65. The van der Waals surface area contributed by atoms with Crippen LogP contribution in [0.15, 0.2) is 0 Å². The Labute approximate surface area is 72.5 Å². The average molecular weight is 170 g/mol. The van der Waals surface area contributed by atoms with Crippen molar-refractivity contribution >= 4 is 5.91 Å². The van der Waals surface area contributed by atoms with Crippen molar-refractivity contribution in [1.29, 1.82) is 0 Å². The van der Waals surface area contributed by atoms with Gasteiger partial charge in [0.15, 0.2) is 0 Å². The number of nitrogens with one attached hydrogen (secondary N) is 1. The van der Waals surface area contributed by atoms with Crippen LogP contribution in [0.1, 0.15) is 6.92 Å². The molecular weight excluding hydrogens is 156 g/mol. The largest absolute Gasteiger partial charge is 0.370 e. The highest BCUT2D eigenvalue weighted by molar-refractivity contribution is 5.77. The molecule has 0 heterocycles. The van der Waals surface area contributed by atoms with E-state index in [-0.39, 0.29) is 18.6 Å². The molecular formula is C8H14N2O2. The summed E-state index contributed by atoms with van der Waals surface area (Å²) in [5, 5.41) is 2.55. The Bertz CT molecular complexity index is 174. The lowest BCUT2D eigenvalue weighted by Gasteiger charge is -2.07. The van der Waals surface area contributed by atoms with Gasteiger partial charge in [-0.1, -0.05) is 5.92 Å². The molecule has 0 aliphatic carbocycles. The fourth-order valence-corrected chi connectivity index (χ4v) is 0.573. The highest BCUT2D eigenvalue weighted by atomic mass is 16.5. The Kier molecular flexibility index (Phi) is 6.07. The molecule has 0 aromatic carbocycles. The molecule has 0 aliphatic heterocycles. The molecule has 1 amide bonds. The van der Waals surface area contributed by atoms with Crippen LogP contribution in [0.2, 0.25) is 0 Å². The van der Waals surface area contributed by atoms with Gasteiger partial charge in [0.2, 0.25) is 5.91 Å². The number of ether oxygens (including phenoxy) is 1. The number of amides is 1. The maximum Gasteiger partial charge on any atom is 0.246 e. The van der Waals surface area contributed by atoms with Gasteiger partial charge in [0.05, 0.1) is 12.6 Å². The van der Waals surface area contributed by atoms with Gasteiger partial charge in [0, 0.05) is 6.54 Å².